The second kappa shape index (κ2) is 4.13. The minimum atomic E-state index is -2.34. The van der Waals surface area contributed by atoms with Gasteiger partial charge in [0.2, 0.25) is 5.43 Å². The summed E-state index contributed by atoms with van der Waals surface area (Å²) in [6, 6.07) is -0.815. The van der Waals surface area contributed by atoms with Gasteiger partial charge in [-0.25, -0.2) is 13.6 Å². The first-order chi connectivity index (χ1) is 10.9. The van der Waals surface area contributed by atoms with Crippen molar-refractivity contribution in [3.05, 3.63) is 45.2 Å². The molecule has 3 rings (SSSR count). The number of carboxylic acid groups (broad SMARTS) is 1. The predicted octanol–water partition coefficient (Wildman–Crippen LogP) is 2.62. The SMILES string of the molecule is [2H]C1([2H])C(n2cc(C(=O)O)c(=O)c3c(C)c(F)c(F)cc32)C1([2H])[2H]. The van der Waals surface area contributed by atoms with Gasteiger partial charge in [-0.1, -0.05) is 0 Å². The maximum atomic E-state index is 13.8. The summed E-state index contributed by atoms with van der Waals surface area (Å²) in [5.74, 6) is -4.23. The van der Waals surface area contributed by atoms with Crippen LogP contribution in [0.5, 0.6) is 0 Å². The van der Waals surface area contributed by atoms with Crippen molar-refractivity contribution in [1.29, 1.82) is 0 Å². The van der Waals surface area contributed by atoms with Gasteiger partial charge >= 0.3 is 5.97 Å². The quantitative estimate of drug-likeness (QED) is 0.921. The highest BCUT2D eigenvalue weighted by Crippen LogP contribution is 2.37. The molecule has 20 heavy (non-hydrogen) atoms. The molecule has 1 fully saturated rings. The first kappa shape index (κ1) is 8.84. The number of rotatable bonds is 2. The molecule has 1 aromatic heterocycles. The maximum absolute atomic E-state index is 13.8. The Hall–Kier alpha value is -2.24. The molecule has 0 spiro atoms. The van der Waals surface area contributed by atoms with Crippen LogP contribution in [0.25, 0.3) is 10.9 Å². The van der Waals surface area contributed by atoms with Gasteiger partial charge in [-0.3, -0.25) is 4.79 Å². The molecule has 0 radical (unpaired) electrons. The molecular weight excluding hydrogens is 268 g/mol. The molecule has 2 aromatic rings. The fourth-order valence-corrected chi connectivity index (χ4v) is 2.17. The lowest BCUT2D eigenvalue weighted by molar-refractivity contribution is 0.0695. The van der Waals surface area contributed by atoms with E-state index in [1.165, 1.54) is 0 Å². The van der Waals surface area contributed by atoms with Gasteiger partial charge in [-0.05, 0) is 19.7 Å². The fraction of sp³-hybridized carbons (Fsp3) is 0.286. The molecule has 0 saturated heterocycles. The Kier molecular flexibility index (Phi) is 1.82. The molecule has 1 N–H and O–H groups in total. The predicted molar refractivity (Wildman–Crippen MR) is 68.1 cm³/mol. The number of aromatic nitrogens is 1. The number of hydrogen-bond acceptors (Lipinski definition) is 2. The summed E-state index contributed by atoms with van der Waals surface area (Å²) >= 11 is 0. The molecule has 104 valence electrons. The standard InChI is InChI=1S/C14H11F2NO3/c1-6-11-10(4-9(15)12(6)16)17(7-2-3-7)5-8(13(11)18)14(19)20/h4-5,7H,2-3H2,1H3,(H,19,20)/i2D2,3D2. The van der Waals surface area contributed by atoms with Crippen LogP contribution in [0, 0.1) is 18.6 Å². The van der Waals surface area contributed by atoms with Crippen LogP contribution in [0.4, 0.5) is 8.78 Å². The van der Waals surface area contributed by atoms with E-state index in [2.05, 4.69) is 0 Å². The molecule has 0 unspecified atom stereocenters. The normalized spacial score (nSPS) is 22.8. The first-order valence-corrected chi connectivity index (χ1v) is 5.69. The molecule has 1 aromatic carbocycles. The summed E-state index contributed by atoms with van der Waals surface area (Å²) in [5.41, 5.74) is -2.47. The van der Waals surface area contributed by atoms with E-state index in [4.69, 9.17) is 10.6 Å². The lowest BCUT2D eigenvalue weighted by Gasteiger charge is -2.13. The number of carboxylic acids is 1. The van der Waals surface area contributed by atoms with E-state index < -0.39 is 58.3 Å². The third kappa shape index (κ3) is 1.71. The van der Waals surface area contributed by atoms with Crippen molar-refractivity contribution in [2.24, 2.45) is 0 Å². The van der Waals surface area contributed by atoms with Crippen LogP contribution in [0.15, 0.2) is 17.1 Å². The van der Waals surface area contributed by atoms with Crippen LogP contribution < -0.4 is 5.43 Å². The van der Waals surface area contributed by atoms with E-state index in [-0.39, 0.29) is 5.52 Å². The number of aromatic carboxylic acids is 1. The van der Waals surface area contributed by atoms with Crippen molar-refractivity contribution in [3.63, 3.8) is 0 Å². The van der Waals surface area contributed by atoms with Gasteiger partial charge in [0.1, 0.15) is 5.56 Å². The van der Waals surface area contributed by atoms with E-state index in [1.807, 2.05) is 0 Å². The third-order valence-corrected chi connectivity index (χ3v) is 3.23. The Bertz CT molecular complexity index is 957. The third-order valence-electron chi connectivity index (χ3n) is 3.23. The van der Waals surface area contributed by atoms with Crippen LogP contribution in [0.3, 0.4) is 0 Å². The summed E-state index contributed by atoms with van der Waals surface area (Å²) in [7, 11) is 0. The van der Waals surface area contributed by atoms with Crippen molar-refractivity contribution in [3.8, 4) is 0 Å². The number of halogens is 2. The highest BCUT2D eigenvalue weighted by atomic mass is 19.2. The zero-order valence-corrected chi connectivity index (χ0v) is 10.2. The van der Waals surface area contributed by atoms with Crippen LogP contribution in [0.2, 0.25) is 0 Å². The Morgan fingerprint density at radius 2 is 2.15 bits per heavy atom. The van der Waals surface area contributed by atoms with Crippen LogP contribution >= 0.6 is 0 Å². The Balaban J connectivity index is 2.49. The lowest BCUT2D eigenvalue weighted by Crippen LogP contribution is -2.20. The number of carbonyl (C=O) groups is 1. The molecule has 4 nitrogen and oxygen atoms in total. The van der Waals surface area contributed by atoms with Crippen LogP contribution in [-0.2, 0) is 0 Å². The highest BCUT2D eigenvalue weighted by molar-refractivity contribution is 5.93. The van der Waals surface area contributed by atoms with Crippen molar-refractivity contribution in [2.45, 2.75) is 25.7 Å². The van der Waals surface area contributed by atoms with E-state index in [9.17, 15) is 18.4 Å². The minimum absolute atomic E-state index is 0.253. The molecule has 0 bridgehead atoms. The summed E-state index contributed by atoms with van der Waals surface area (Å²) in [6.07, 6.45) is -3.91. The van der Waals surface area contributed by atoms with Gasteiger partial charge in [-0.15, -0.1) is 0 Å². The average Bonchev–Trinajstić information content (AvgIpc) is 2.86. The molecule has 0 amide bonds. The van der Waals surface area contributed by atoms with E-state index in [1.54, 1.807) is 0 Å². The summed E-state index contributed by atoms with van der Waals surface area (Å²) in [5, 5.41) is 8.75. The van der Waals surface area contributed by atoms with Gasteiger partial charge < -0.3 is 9.67 Å². The molecule has 1 heterocycles. The molecular formula is C14H11F2NO3. The van der Waals surface area contributed by atoms with Crippen LogP contribution in [-0.4, -0.2) is 15.6 Å². The zero-order chi connectivity index (χ0) is 18.2. The highest BCUT2D eigenvalue weighted by Gasteiger charge is 2.28. The summed E-state index contributed by atoms with van der Waals surface area (Å²) < 4.78 is 59.2. The lowest BCUT2D eigenvalue weighted by atomic mass is 10.1. The topological polar surface area (TPSA) is 59.3 Å². The Labute approximate surface area is 117 Å². The van der Waals surface area contributed by atoms with Gasteiger partial charge in [0, 0.05) is 29.4 Å². The number of pyridine rings is 1. The van der Waals surface area contributed by atoms with Gasteiger partial charge in [0.05, 0.1) is 10.9 Å². The smallest absolute Gasteiger partial charge is 0.341 e. The van der Waals surface area contributed by atoms with Crippen LogP contribution in [0.1, 0.15) is 40.2 Å². The number of nitrogens with zero attached hydrogens (tertiary/aromatic N) is 1. The van der Waals surface area contributed by atoms with Crippen molar-refractivity contribution in [2.75, 3.05) is 0 Å². The molecule has 1 saturated carbocycles. The Morgan fingerprint density at radius 1 is 1.50 bits per heavy atom. The molecule has 1 aliphatic carbocycles. The second-order valence-corrected chi connectivity index (χ2v) is 4.47. The molecule has 0 atom stereocenters. The minimum Gasteiger partial charge on any atom is -0.477 e. The number of aryl methyl sites for hydroxylation is 1. The number of hydrogen-bond donors (Lipinski definition) is 1. The monoisotopic (exact) mass is 283 g/mol. The largest absolute Gasteiger partial charge is 0.477 e. The summed E-state index contributed by atoms with van der Waals surface area (Å²) in [4.78, 5) is 23.6. The second-order valence-electron chi connectivity index (χ2n) is 4.47. The maximum Gasteiger partial charge on any atom is 0.341 e. The molecule has 1 aliphatic rings. The number of fused-ring (bicyclic) bond motifs is 1. The van der Waals surface area contributed by atoms with Gasteiger partial charge in [0.15, 0.2) is 11.6 Å². The van der Waals surface area contributed by atoms with E-state index in [0.717, 1.165) is 17.7 Å². The fourth-order valence-electron chi connectivity index (χ4n) is 2.17. The van der Waals surface area contributed by atoms with Crippen molar-refractivity contribution < 1.29 is 24.2 Å². The van der Waals surface area contributed by atoms with Crippen molar-refractivity contribution in [1.82, 2.24) is 4.57 Å². The number of benzene rings is 1. The zero-order valence-electron chi connectivity index (χ0n) is 14.2. The van der Waals surface area contributed by atoms with E-state index in [0.29, 0.717) is 6.07 Å². The summed E-state index contributed by atoms with van der Waals surface area (Å²) in [6.45, 7) is 1.11. The van der Waals surface area contributed by atoms with Crippen molar-refractivity contribution >= 4 is 16.9 Å². The first-order valence-electron chi connectivity index (χ1n) is 7.69. The van der Waals surface area contributed by atoms with Gasteiger partial charge in [-0.2, -0.15) is 0 Å². The molecule has 0 aliphatic heterocycles. The Morgan fingerprint density at radius 3 is 2.70 bits per heavy atom. The van der Waals surface area contributed by atoms with Gasteiger partial charge in [0.25, 0.3) is 0 Å². The van der Waals surface area contributed by atoms with E-state index >= 15 is 0 Å². The average molecular weight is 283 g/mol. The molecule has 6 heteroatoms.